The van der Waals surface area contributed by atoms with Gasteiger partial charge in [0.25, 0.3) is 0 Å². The Morgan fingerprint density at radius 3 is 2.96 bits per heavy atom. The van der Waals surface area contributed by atoms with Crippen molar-refractivity contribution in [3.05, 3.63) is 30.2 Å². The summed E-state index contributed by atoms with van der Waals surface area (Å²) in [6, 6.07) is 7.24. The first kappa shape index (κ1) is 15.5. The maximum absolute atomic E-state index is 12.4. The normalized spacial score (nSPS) is 17.2. The minimum atomic E-state index is -0.162. The molecule has 2 amide bonds. The molecule has 1 aliphatic rings. The van der Waals surface area contributed by atoms with E-state index in [9.17, 15) is 4.79 Å². The summed E-state index contributed by atoms with van der Waals surface area (Å²) >= 11 is 0. The zero-order valence-corrected chi connectivity index (χ0v) is 13.3. The van der Waals surface area contributed by atoms with E-state index in [-0.39, 0.29) is 6.03 Å². The lowest BCUT2D eigenvalue weighted by molar-refractivity contribution is 0.175. The number of hydrogen-bond donors (Lipinski definition) is 1. The van der Waals surface area contributed by atoms with E-state index >= 15 is 0 Å². The number of aromatic nitrogens is 2. The second kappa shape index (κ2) is 6.78. The number of amides is 2. The smallest absolute Gasteiger partial charge is 0.321 e. The van der Waals surface area contributed by atoms with Gasteiger partial charge in [0.15, 0.2) is 0 Å². The molecule has 3 rings (SSSR count). The van der Waals surface area contributed by atoms with Crippen molar-refractivity contribution in [3.8, 4) is 11.4 Å². The molecule has 1 aromatic carbocycles. The Hall–Kier alpha value is -2.41. The van der Waals surface area contributed by atoms with Crippen LogP contribution in [0.1, 0.15) is 12.3 Å². The first-order valence-corrected chi connectivity index (χ1v) is 7.63. The Kier molecular flexibility index (Phi) is 4.57. The van der Waals surface area contributed by atoms with Crippen LogP contribution in [0.25, 0.3) is 11.4 Å². The van der Waals surface area contributed by atoms with Crippen LogP contribution in [0, 0.1) is 12.8 Å². The highest BCUT2D eigenvalue weighted by Gasteiger charge is 2.21. The first-order valence-electron chi connectivity index (χ1n) is 7.63. The number of ether oxygens (including phenoxy) is 1. The third-order valence-corrected chi connectivity index (χ3v) is 3.84. The molecule has 0 aliphatic carbocycles. The zero-order valence-electron chi connectivity index (χ0n) is 13.3. The van der Waals surface area contributed by atoms with Crippen LogP contribution in [-0.2, 0) is 4.74 Å². The molecule has 7 heteroatoms. The number of rotatable bonds is 4. The summed E-state index contributed by atoms with van der Waals surface area (Å²) in [4.78, 5) is 18.3. The van der Waals surface area contributed by atoms with Crippen molar-refractivity contribution in [2.24, 2.45) is 5.92 Å². The van der Waals surface area contributed by atoms with E-state index < -0.39 is 0 Å². The van der Waals surface area contributed by atoms with Gasteiger partial charge in [-0.1, -0.05) is 17.3 Å². The van der Waals surface area contributed by atoms with Crippen LogP contribution in [0.15, 0.2) is 28.8 Å². The van der Waals surface area contributed by atoms with Crippen molar-refractivity contribution in [2.75, 3.05) is 32.1 Å². The van der Waals surface area contributed by atoms with E-state index in [1.165, 1.54) is 0 Å². The molecule has 0 saturated carbocycles. The molecule has 1 N–H and O–H groups in total. The molecule has 2 aromatic rings. The van der Waals surface area contributed by atoms with Crippen LogP contribution in [0.5, 0.6) is 0 Å². The van der Waals surface area contributed by atoms with Gasteiger partial charge in [-0.3, -0.25) is 0 Å². The van der Waals surface area contributed by atoms with E-state index in [1.54, 1.807) is 18.9 Å². The van der Waals surface area contributed by atoms with E-state index in [2.05, 4.69) is 15.5 Å². The van der Waals surface area contributed by atoms with Crippen LogP contribution in [0.4, 0.5) is 10.5 Å². The number of hydrogen-bond acceptors (Lipinski definition) is 5. The lowest BCUT2D eigenvalue weighted by atomic mass is 10.1. The topological polar surface area (TPSA) is 80.5 Å². The average molecular weight is 316 g/mol. The van der Waals surface area contributed by atoms with Gasteiger partial charge in [-0.05, 0) is 18.6 Å². The van der Waals surface area contributed by atoms with E-state index in [4.69, 9.17) is 9.26 Å². The summed E-state index contributed by atoms with van der Waals surface area (Å²) in [6.07, 6.45) is 0.996. The van der Waals surface area contributed by atoms with Crippen LogP contribution in [-0.4, -0.2) is 47.9 Å². The number of carbonyl (C=O) groups is 1. The minimum absolute atomic E-state index is 0.162. The van der Waals surface area contributed by atoms with Crippen molar-refractivity contribution in [2.45, 2.75) is 13.3 Å². The molecule has 0 radical (unpaired) electrons. The Morgan fingerprint density at radius 1 is 1.43 bits per heavy atom. The van der Waals surface area contributed by atoms with E-state index in [0.29, 0.717) is 29.9 Å². The van der Waals surface area contributed by atoms with Crippen LogP contribution in [0.3, 0.4) is 0 Å². The molecule has 1 atom stereocenters. The molecule has 1 aromatic heterocycles. The highest BCUT2D eigenvalue weighted by Crippen LogP contribution is 2.25. The number of para-hydroxylation sites is 1. The molecule has 1 fully saturated rings. The van der Waals surface area contributed by atoms with E-state index in [1.807, 2.05) is 24.3 Å². The molecule has 23 heavy (non-hydrogen) atoms. The quantitative estimate of drug-likeness (QED) is 0.937. The summed E-state index contributed by atoms with van der Waals surface area (Å²) in [5.41, 5.74) is 1.39. The molecule has 1 unspecified atom stereocenters. The highest BCUT2D eigenvalue weighted by atomic mass is 16.5. The van der Waals surface area contributed by atoms with Gasteiger partial charge >= 0.3 is 6.03 Å². The number of urea groups is 1. The van der Waals surface area contributed by atoms with Gasteiger partial charge in [0.1, 0.15) is 0 Å². The number of benzene rings is 1. The molecule has 122 valence electrons. The third kappa shape index (κ3) is 3.68. The number of nitrogens with zero attached hydrogens (tertiary/aromatic N) is 3. The van der Waals surface area contributed by atoms with Crippen molar-refractivity contribution in [1.82, 2.24) is 15.0 Å². The van der Waals surface area contributed by atoms with Gasteiger partial charge in [-0.15, -0.1) is 0 Å². The number of nitrogens with one attached hydrogen (secondary N) is 1. The molecular weight excluding hydrogens is 296 g/mol. The average Bonchev–Trinajstić information content (AvgIpc) is 3.19. The second-order valence-electron chi connectivity index (χ2n) is 5.72. The number of anilines is 1. The monoisotopic (exact) mass is 316 g/mol. The molecule has 0 spiro atoms. The van der Waals surface area contributed by atoms with Gasteiger partial charge in [0.2, 0.25) is 11.7 Å². The summed E-state index contributed by atoms with van der Waals surface area (Å²) in [6.45, 7) is 3.90. The Labute approximate surface area is 134 Å². The zero-order chi connectivity index (χ0) is 16.2. The predicted octanol–water partition coefficient (Wildman–Crippen LogP) is 2.55. The van der Waals surface area contributed by atoms with Gasteiger partial charge in [0, 0.05) is 38.6 Å². The fourth-order valence-corrected chi connectivity index (χ4v) is 2.60. The van der Waals surface area contributed by atoms with Gasteiger partial charge in [-0.2, -0.15) is 4.98 Å². The third-order valence-electron chi connectivity index (χ3n) is 3.84. The molecule has 0 bridgehead atoms. The van der Waals surface area contributed by atoms with Crippen LogP contribution < -0.4 is 5.32 Å². The predicted molar refractivity (Wildman–Crippen MR) is 85.0 cm³/mol. The maximum atomic E-state index is 12.4. The van der Waals surface area contributed by atoms with Gasteiger partial charge in [0.05, 0.1) is 12.3 Å². The van der Waals surface area contributed by atoms with Gasteiger partial charge in [-0.25, -0.2) is 4.79 Å². The number of carbonyl (C=O) groups excluding carboxylic acids is 1. The lowest BCUT2D eigenvalue weighted by Gasteiger charge is -2.21. The molecule has 1 saturated heterocycles. The summed E-state index contributed by atoms with van der Waals surface area (Å²) < 4.78 is 10.4. The van der Waals surface area contributed by atoms with Crippen LogP contribution in [0.2, 0.25) is 0 Å². The second-order valence-corrected chi connectivity index (χ2v) is 5.72. The highest BCUT2D eigenvalue weighted by molar-refractivity contribution is 5.93. The largest absolute Gasteiger partial charge is 0.381 e. The molecule has 7 nitrogen and oxygen atoms in total. The molecule has 2 heterocycles. The Bertz CT molecular complexity index is 679. The number of aryl methyl sites for hydroxylation is 1. The summed E-state index contributed by atoms with van der Waals surface area (Å²) in [5.74, 6) is 1.35. The minimum Gasteiger partial charge on any atom is -0.381 e. The maximum Gasteiger partial charge on any atom is 0.321 e. The van der Waals surface area contributed by atoms with Crippen molar-refractivity contribution >= 4 is 11.7 Å². The summed E-state index contributed by atoms with van der Waals surface area (Å²) in [7, 11) is 1.79. The van der Waals surface area contributed by atoms with Crippen molar-refractivity contribution < 1.29 is 14.1 Å². The standard InChI is InChI=1S/C16H20N4O3/c1-11-17-15(19-23-11)13-5-3-4-6-14(13)18-16(21)20(2)9-12-7-8-22-10-12/h3-6,12H,7-10H2,1-2H3,(H,18,21). The van der Waals surface area contributed by atoms with Gasteiger partial charge < -0.3 is 19.5 Å². The molecule has 1 aliphatic heterocycles. The van der Waals surface area contributed by atoms with Crippen molar-refractivity contribution in [3.63, 3.8) is 0 Å². The Morgan fingerprint density at radius 2 is 2.26 bits per heavy atom. The molecular formula is C16H20N4O3. The van der Waals surface area contributed by atoms with Crippen LogP contribution >= 0.6 is 0 Å². The van der Waals surface area contributed by atoms with Crippen molar-refractivity contribution in [1.29, 1.82) is 0 Å². The fourth-order valence-electron chi connectivity index (χ4n) is 2.60. The lowest BCUT2D eigenvalue weighted by Crippen LogP contribution is -2.35. The SMILES string of the molecule is Cc1nc(-c2ccccc2NC(=O)N(C)CC2CCOC2)no1. The van der Waals surface area contributed by atoms with E-state index in [0.717, 1.165) is 25.2 Å². The fraction of sp³-hybridized carbons (Fsp3) is 0.438. The Balaban J connectivity index is 1.71. The summed E-state index contributed by atoms with van der Waals surface area (Å²) in [5, 5.41) is 6.83. The first-order chi connectivity index (χ1) is 11.1.